The van der Waals surface area contributed by atoms with Crippen LogP contribution in [0.1, 0.15) is 41.5 Å². The lowest BCUT2D eigenvalue weighted by atomic mass is 10.2. The molecule has 0 spiro atoms. The van der Waals surface area contributed by atoms with Crippen molar-refractivity contribution in [1.82, 2.24) is 34.4 Å². The van der Waals surface area contributed by atoms with E-state index < -0.39 is 38.2 Å². The first-order chi connectivity index (χ1) is 17.3. The second kappa shape index (κ2) is 7.97. The number of carbonyl (C=O) groups is 1. The largest absolute Gasteiger partial charge is 0.433 e. The molecule has 11 nitrogen and oxygen atoms in total. The number of rotatable bonds is 5. The number of nitrogens with one attached hydrogen (secondary N) is 1. The fourth-order valence-electron chi connectivity index (χ4n) is 4.01. The maximum absolute atomic E-state index is 13.2. The number of amides is 1. The molecule has 0 aliphatic heterocycles. The zero-order chi connectivity index (χ0) is 26.9. The molecule has 1 fully saturated rings. The van der Waals surface area contributed by atoms with Crippen LogP contribution >= 0.6 is 0 Å². The van der Waals surface area contributed by atoms with Gasteiger partial charge < -0.3 is 9.88 Å². The van der Waals surface area contributed by atoms with Crippen molar-refractivity contribution in [2.24, 2.45) is 7.05 Å². The third kappa shape index (κ3) is 3.88. The summed E-state index contributed by atoms with van der Waals surface area (Å²) in [6, 6.07) is 2.83. The Morgan fingerprint density at radius 3 is 2.57 bits per heavy atom. The first kappa shape index (κ1) is 24.6. The van der Waals surface area contributed by atoms with Gasteiger partial charge in [0.2, 0.25) is 0 Å². The van der Waals surface area contributed by atoms with Gasteiger partial charge in [0.25, 0.3) is 5.91 Å². The lowest BCUT2D eigenvalue weighted by Crippen LogP contribution is -2.37. The van der Waals surface area contributed by atoms with E-state index in [0.29, 0.717) is 18.4 Å². The average Bonchev–Trinajstić information content (AvgIpc) is 3.39. The molecular formula is C22H19F3N8O3S. The Labute approximate surface area is 207 Å². The highest BCUT2D eigenvalue weighted by atomic mass is 32.2. The normalized spacial score (nSPS) is 15.2. The minimum Gasteiger partial charge on any atom is -0.332 e. The van der Waals surface area contributed by atoms with Gasteiger partial charge in [0.15, 0.2) is 20.5 Å². The summed E-state index contributed by atoms with van der Waals surface area (Å²) in [5.74, 6) is -0.995. The van der Waals surface area contributed by atoms with Crippen molar-refractivity contribution in [2.45, 2.75) is 43.4 Å². The van der Waals surface area contributed by atoms with E-state index >= 15 is 0 Å². The van der Waals surface area contributed by atoms with Crippen molar-refractivity contribution in [1.29, 1.82) is 5.26 Å². The molecule has 0 bridgehead atoms. The number of nitrogens with zero attached hydrogens (tertiary/aromatic N) is 7. The van der Waals surface area contributed by atoms with Crippen LogP contribution in [-0.2, 0) is 23.1 Å². The van der Waals surface area contributed by atoms with E-state index in [0.717, 1.165) is 16.8 Å². The third-order valence-corrected chi connectivity index (χ3v) is 7.92. The van der Waals surface area contributed by atoms with Gasteiger partial charge in [-0.15, -0.1) is 0 Å². The smallest absolute Gasteiger partial charge is 0.332 e. The van der Waals surface area contributed by atoms with E-state index in [2.05, 4.69) is 31.4 Å². The van der Waals surface area contributed by atoms with Gasteiger partial charge in [-0.1, -0.05) is 6.92 Å². The van der Waals surface area contributed by atoms with E-state index in [-0.39, 0.29) is 39.5 Å². The molecule has 1 aliphatic rings. The molecule has 1 amide bonds. The van der Waals surface area contributed by atoms with Crippen molar-refractivity contribution >= 4 is 32.4 Å². The maximum Gasteiger partial charge on any atom is 0.433 e. The zero-order valence-corrected chi connectivity index (χ0v) is 20.6. The van der Waals surface area contributed by atoms with Gasteiger partial charge in [-0.2, -0.15) is 23.5 Å². The van der Waals surface area contributed by atoms with E-state index in [4.69, 9.17) is 0 Å². The summed E-state index contributed by atoms with van der Waals surface area (Å²) in [5, 5.41) is 15.8. The van der Waals surface area contributed by atoms with Gasteiger partial charge in [0.1, 0.15) is 28.3 Å². The molecule has 4 aromatic heterocycles. The molecular weight excluding hydrogens is 513 g/mol. The Morgan fingerprint density at radius 2 is 1.97 bits per heavy atom. The van der Waals surface area contributed by atoms with Gasteiger partial charge in [-0.25, -0.2) is 27.9 Å². The molecule has 1 aliphatic carbocycles. The standard InChI is InChI=1S/C22H19F3N8O3S/c1-4-37(35,36)20-15(18-29-12-7-14(22(23,24)25)27-9-13(12)32(18)3)17-28-8-11(2)16(33(17)31-20)19(34)30-21(10-26)5-6-21/h7-9H,4-6H2,1-3H3,(H,30,34). The highest BCUT2D eigenvalue weighted by Gasteiger charge is 2.45. The number of alkyl halides is 3. The van der Waals surface area contributed by atoms with Crippen LogP contribution in [0.5, 0.6) is 0 Å². The number of nitriles is 1. The summed E-state index contributed by atoms with van der Waals surface area (Å²) >= 11 is 0. The van der Waals surface area contributed by atoms with Gasteiger partial charge in [-0.3, -0.25) is 4.79 Å². The summed E-state index contributed by atoms with van der Waals surface area (Å²) in [7, 11) is -2.52. The number of carbonyl (C=O) groups excluding carboxylic acids is 1. The van der Waals surface area contributed by atoms with Gasteiger partial charge >= 0.3 is 6.18 Å². The molecule has 192 valence electrons. The molecule has 0 radical (unpaired) electrons. The van der Waals surface area contributed by atoms with Crippen molar-refractivity contribution in [3.05, 3.63) is 35.4 Å². The third-order valence-electron chi connectivity index (χ3n) is 6.28. The maximum atomic E-state index is 13.2. The fourth-order valence-corrected chi connectivity index (χ4v) is 4.98. The monoisotopic (exact) mass is 532 g/mol. The van der Waals surface area contributed by atoms with Crippen LogP contribution in [-0.4, -0.2) is 54.7 Å². The predicted molar refractivity (Wildman–Crippen MR) is 123 cm³/mol. The summed E-state index contributed by atoms with van der Waals surface area (Å²) in [6.07, 6.45) is -1.37. The fraction of sp³-hybridized carbons (Fsp3) is 0.364. The Kier molecular flexibility index (Phi) is 5.30. The molecule has 37 heavy (non-hydrogen) atoms. The molecule has 0 unspecified atom stereocenters. The number of aryl methyl sites for hydroxylation is 2. The number of hydrogen-bond donors (Lipinski definition) is 1. The Hall–Kier alpha value is -4.06. The Morgan fingerprint density at radius 1 is 1.27 bits per heavy atom. The summed E-state index contributed by atoms with van der Waals surface area (Å²) in [6.45, 7) is 3.00. The molecule has 1 saturated carbocycles. The SMILES string of the molecule is CCS(=O)(=O)c1nn2c(C(=O)NC3(C#N)CC3)c(C)cnc2c1-c1nc2cc(C(F)(F)F)ncc2n1C. The summed E-state index contributed by atoms with van der Waals surface area (Å²) in [4.78, 5) is 25.2. The Balaban J connectivity index is 1.80. The predicted octanol–water partition coefficient (Wildman–Crippen LogP) is 2.58. The van der Waals surface area contributed by atoms with Crippen LogP contribution in [0.3, 0.4) is 0 Å². The highest BCUT2D eigenvalue weighted by Crippen LogP contribution is 2.37. The van der Waals surface area contributed by atoms with Crippen LogP contribution in [0, 0.1) is 18.3 Å². The number of hydrogen-bond acceptors (Lipinski definition) is 8. The first-order valence-corrected chi connectivity index (χ1v) is 12.7. The van der Waals surface area contributed by atoms with E-state index in [1.54, 1.807) is 6.92 Å². The molecule has 1 N–H and O–H groups in total. The lowest BCUT2D eigenvalue weighted by Gasteiger charge is -2.12. The molecule has 4 aromatic rings. The number of fused-ring (bicyclic) bond motifs is 2. The van der Waals surface area contributed by atoms with E-state index in [1.807, 2.05) is 0 Å². The second-order valence-corrected chi connectivity index (χ2v) is 11.0. The lowest BCUT2D eigenvalue weighted by molar-refractivity contribution is -0.141. The molecule has 0 saturated heterocycles. The van der Waals surface area contributed by atoms with Crippen molar-refractivity contribution in [3.8, 4) is 17.5 Å². The summed E-state index contributed by atoms with van der Waals surface area (Å²) < 4.78 is 68.3. The summed E-state index contributed by atoms with van der Waals surface area (Å²) in [5.41, 5.74) is -1.73. The Bertz CT molecular complexity index is 1760. The average molecular weight is 533 g/mol. The topological polar surface area (TPSA) is 148 Å². The molecule has 4 heterocycles. The van der Waals surface area contributed by atoms with Gasteiger partial charge in [0.05, 0.1) is 29.1 Å². The van der Waals surface area contributed by atoms with E-state index in [9.17, 15) is 31.6 Å². The number of aromatic nitrogens is 6. The first-order valence-electron chi connectivity index (χ1n) is 11.1. The van der Waals surface area contributed by atoms with Crippen LogP contribution in [0.25, 0.3) is 28.1 Å². The number of halogens is 3. The molecule has 5 rings (SSSR count). The minimum atomic E-state index is -4.70. The van der Waals surface area contributed by atoms with E-state index in [1.165, 1.54) is 24.7 Å². The molecule has 0 atom stereocenters. The van der Waals surface area contributed by atoms with Gasteiger partial charge in [-0.05, 0) is 31.4 Å². The van der Waals surface area contributed by atoms with Crippen molar-refractivity contribution in [2.75, 3.05) is 5.75 Å². The number of pyridine rings is 1. The van der Waals surface area contributed by atoms with Crippen molar-refractivity contribution in [3.63, 3.8) is 0 Å². The van der Waals surface area contributed by atoms with Crippen LogP contribution in [0.2, 0.25) is 0 Å². The number of imidazole rings is 1. The second-order valence-electron chi connectivity index (χ2n) is 8.81. The van der Waals surface area contributed by atoms with Gasteiger partial charge in [0, 0.05) is 13.2 Å². The highest BCUT2D eigenvalue weighted by molar-refractivity contribution is 7.91. The van der Waals surface area contributed by atoms with Crippen molar-refractivity contribution < 1.29 is 26.4 Å². The minimum absolute atomic E-state index is 0.0171. The number of sulfone groups is 1. The van der Waals surface area contributed by atoms with Crippen LogP contribution < -0.4 is 5.32 Å². The molecule has 15 heteroatoms. The molecule has 0 aromatic carbocycles. The van der Waals surface area contributed by atoms with Crippen LogP contribution in [0.4, 0.5) is 13.2 Å². The quantitative estimate of drug-likeness (QED) is 0.412. The van der Waals surface area contributed by atoms with Crippen LogP contribution in [0.15, 0.2) is 23.5 Å². The zero-order valence-electron chi connectivity index (χ0n) is 19.8.